The van der Waals surface area contributed by atoms with E-state index < -0.39 is 0 Å². The highest BCUT2D eigenvalue weighted by molar-refractivity contribution is 7.12. The lowest BCUT2D eigenvalue weighted by Crippen LogP contribution is -2.09. The van der Waals surface area contributed by atoms with Crippen LogP contribution in [0.1, 0.15) is 25.7 Å². The summed E-state index contributed by atoms with van der Waals surface area (Å²) in [6.45, 7) is 4.29. The second-order valence-corrected chi connectivity index (χ2v) is 6.54. The van der Waals surface area contributed by atoms with Crippen LogP contribution in [-0.4, -0.2) is 10.4 Å². The number of benzene rings is 1. The highest BCUT2D eigenvalue weighted by atomic mass is 32.1. The summed E-state index contributed by atoms with van der Waals surface area (Å²) in [7, 11) is 0. The van der Waals surface area contributed by atoms with Crippen molar-refractivity contribution in [3.63, 3.8) is 0 Å². The predicted molar refractivity (Wildman–Crippen MR) is 84.8 cm³/mol. The summed E-state index contributed by atoms with van der Waals surface area (Å²) in [5.41, 5.74) is 2.33. The summed E-state index contributed by atoms with van der Waals surface area (Å²) in [6, 6.07) is 11.6. The third-order valence-corrected chi connectivity index (χ3v) is 4.52. The van der Waals surface area contributed by atoms with Crippen LogP contribution in [0.15, 0.2) is 36.5 Å². The first kappa shape index (κ1) is 13.6. The van der Waals surface area contributed by atoms with Crippen molar-refractivity contribution in [2.45, 2.75) is 20.4 Å². The van der Waals surface area contributed by atoms with E-state index in [4.69, 9.17) is 5.26 Å². The van der Waals surface area contributed by atoms with Crippen molar-refractivity contribution < 1.29 is 4.79 Å². The summed E-state index contributed by atoms with van der Waals surface area (Å²) in [6.07, 6.45) is 1.90. The zero-order chi connectivity index (χ0) is 15.0. The van der Waals surface area contributed by atoms with E-state index >= 15 is 0 Å². The number of carbonyl (C=O) groups is 1. The minimum Gasteiger partial charge on any atom is -0.340 e. The molecule has 0 aliphatic heterocycles. The molecule has 2 heterocycles. The topological polar surface area (TPSA) is 45.8 Å². The van der Waals surface area contributed by atoms with Crippen LogP contribution < -0.4 is 0 Å². The van der Waals surface area contributed by atoms with Crippen molar-refractivity contribution in [1.82, 2.24) is 4.57 Å². The number of nitriles is 1. The van der Waals surface area contributed by atoms with Gasteiger partial charge >= 0.3 is 0 Å². The van der Waals surface area contributed by atoms with Gasteiger partial charge in [0.15, 0.2) is 5.78 Å². The molecule has 0 aliphatic rings. The zero-order valence-electron chi connectivity index (χ0n) is 11.9. The van der Waals surface area contributed by atoms with Gasteiger partial charge in [-0.25, -0.2) is 0 Å². The molecule has 0 fully saturated rings. The van der Waals surface area contributed by atoms with Gasteiger partial charge in [0, 0.05) is 27.0 Å². The standard InChI is InChI=1S/C17H14N2OS/c1-11-7-15(12(2)21-11)17(20)10-19-6-5-14-4-3-13(9-18)8-16(14)19/h3-8H,10H2,1-2H3. The van der Waals surface area contributed by atoms with Gasteiger partial charge in [-0.3, -0.25) is 4.79 Å². The van der Waals surface area contributed by atoms with Gasteiger partial charge in [0.1, 0.15) is 0 Å². The Kier molecular flexibility index (Phi) is 3.36. The number of hydrogen-bond acceptors (Lipinski definition) is 3. The number of Topliss-reactive ketones (excluding diaryl/α,β-unsaturated/α-hetero) is 1. The van der Waals surface area contributed by atoms with E-state index in [0.29, 0.717) is 12.1 Å². The fourth-order valence-electron chi connectivity index (χ4n) is 2.54. The summed E-state index contributed by atoms with van der Waals surface area (Å²) in [5, 5.41) is 10.0. The van der Waals surface area contributed by atoms with Crippen LogP contribution in [-0.2, 0) is 6.54 Å². The zero-order valence-corrected chi connectivity index (χ0v) is 12.7. The van der Waals surface area contributed by atoms with Gasteiger partial charge in [-0.05, 0) is 43.5 Å². The maximum Gasteiger partial charge on any atom is 0.183 e. The van der Waals surface area contributed by atoms with E-state index in [0.717, 1.165) is 26.2 Å². The second kappa shape index (κ2) is 5.19. The number of fused-ring (bicyclic) bond motifs is 1. The third kappa shape index (κ3) is 2.48. The Morgan fingerprint density at radius 2 is 2.10 bits per heavy atom. The van der Waals surface area contributed by atoms with Gasteiger partial charge in [0.25, 0.3) is 0 Å². The largest absolute Gasteiger partial charge is 0.340 e. The van der Waals surface area contributed by atoms with Crippen molar-refractivity contribution in [3.8, 4) is 6.07 Å². The van der Waals surface area contributed by atoms with Gasteiger partial charge in [0.2, 0.25) is 0 Å². The number of aryl methyl sites for hydroxylation is 2. The summed E-state index contributed by atoms with van der Waals surface area (Å²) in [5.74, 6) is 0.108. The molecule has 0 amide bonds. The van der Waals surface area contributed by atoms with Gasteiger partial charge in [-0.1, -0.05) is 6.07 Å². The predicted octanol–water partition coefficient (Wildman–Crippen LogP) is 4.07. The Hall–Kier alpha value is -2.38. The van der Waals surface area contributed by atoms with Crippen LogP contribution in [0.3, 0.4) is 0 Å². The number of thiophene rings is 1. The molecule has 104 valence electrons. The Balaban J connectivity index is 1.96. The minimum absolute atomic E-state index is 0.108. The Labute approximate surface area is 127 Å². The third-order valence-electron chi connectivity index (χ3n) is 3.56. The maximum absolute atomic E-state index is 12.5. The average Bonchev–Trinajstić information content (AvgIpc) is 3.01. The molecule has 0 N–H and O–H groups in total. The number of hydrogen-bond donors (Lipinski definition) is 0. The lowest BCUT2D eigenvalue weighted by Gasteiger charge is -2.05. The minimum atomic E-state index is 0.108. The number of ketones is 1. The van der Waals surface area contributed by atoms with Crippen molar-refractivity contribution in [2.75, 3.05) is 0 Å². The first-order chi connectivity index (χ1) is 10.1. The molecular weight excluding hydrogens is 280 g/mol. The molecule has 0 unspecified atom stereocenters. The smallest absolute Gasteiger partial charge is 0.183 e. The first-order valence-corrected chi connectivity index (χ1v) is 7.49. The van der Waals surface area contributed by atoms with Gasteiger partial charge < -0.3 is 4.57 Å². The average molecular weight is 294 g/mol. The molecule has 0 aliphatic carbocycles. The summed E-state index contributed by atoms with van der Waals surface area (Å²) in [4.78, 5) is 14.7. The molecule has 0 radical (unpaired) electrons. The molecule has 3 aromatic rings. The number of rotatable bonds is 3. The number of nitrogens with zero attached hydrogens (tertiary/aromatic N) is 2. The fraction of sp³-hybridized carbons (Fsp3) is 0.176. The van der Waals surface area contributed by atoms with Crippen LogP contribution in [0, 0.1) is 25.2 Å². The van der Waals surface area contributed by atoms with E-state index in [1.54, 1.807) is 17.4 Å². The quantitative estimate of drug-likeness (QED) is 0.683. The first-order valence-electron chi connectivity index (χ1n) is 6.67. The molecule has 0 spiro atoms. The van der Waals surface area contributed by atoms with E-state index in [-0.39, 0.29) is 5.78 Å². The highest BCUT2D eigenvalue weighted by Crippen LogP contribution is 2.23. The highest BCUT2D eigenvalue weighted by Gasteiger charge is 2.13. The van der Waals surface area contributed by atoms with Crippen molar-refractivity contribution in [2.24, 2.45) is 0 Å². The van der Waals surface area contributed by atoms with Crippen molar-refractivity contribution >= 4 is 28.0 Å². The van der Waals surface area contributed by atoms with Crippen LogP contribution in [0.4, 0.5) is 0 Å². The Morgan fingerprint density at radius 1 is 1.29 bits per heavy atom. The van der Waals surface area contributed by atoms with E-state index in [2.05, 4.69) is 6.07 Å². The molecule has 2 aromatic heterocycles. The molecule has 0 bridgehead atoms. The molecule has 4 heteroatoms. The second-order valence-electron chi connectivity index (χ2n) is 5.08. The van der Waals surface area contributed by atoms with Crippen LogP contribution in [0.2, 0.25) is 0 Å². The normalized spacial score (nSPS) is 10.7. The SMILES string of the molecule is Cc1cc(C(=O)Cn2ccc3ccc(C#N)cc32)c(C)s1. The number of aromatic nitrogens is 1. The van der Waals surface area contributed by atoms with Gasteiger partial charge in [-0.15, -0.1) is 11.3 Å². The van der Waals surface area contributed by atoms with Crippen LogP contribution in [0.25, 0.3) is 10.9 Å². The molecule has 0 atom stereocenters. The van der Waals surface area contributed by atoms with Crippen LogP contribution >= 0.6 is 11.3 Å². The maximum atomic E-state index is 12.5. The lowest BCUT2D eigenvalue weighted by molar-refractivity contribution is 0.0973. The van der Waals surface area contributed by atoms with Crippen molar-refractivity contribution in [3.05, 3.63) is 57.4 Å². The fourth-order valence-corrected chi connectivity index (χ4v) is 3.48. The molecule has 0 saturated carbocycles. The molecule has 1 aromatic carbocycles. The Bertz CT molecular complexity index is 880. The van der Waals surface area contributed by atoms with Crippen molar-refractivity contribution in [1.29, 1.82) is 5.26 Å². The number of carbonyl (C=O) groups excluding carboxylic acids is 1. The van der Waals surface area contributed by atoms with Crippen LogP contribution in [0.5, 0.6) is 0 Å². The summed E-state index contributed by atoms with van der Waals surface area (Å²) >= 11 is 1.65. The van der Waals surface area contributed by atoms with E-state index in [1.807, 2.05) is 48.9 Å². The molecular formula is C17H14N2OS. The van der Waals surface area contributed by atoms with E-state index in [1.165, 1.54) is 0 Å². The lowest BCUT2D eigenvalue weighted by atomic mass is 10.1. The van der Waals surface area contributed by atoms with Gasteiger partial charge in [-0.2, -0.15) is 5.26 Å². The molecule has 3 rings (SSSR count). The molecule has 0 saturated heterocycles. The molecule has 21 heavy (non-hydrogen) atoms. The summed E-state index contributed by atoms with van der Waals surface area (Å²) < 4.78 is 1.91. The Morgan fingerprint density at radius 3 is 2.76 bits per heavy atom. The van der Waals surface area contributed by atoms with Gasteiger partial charge in [0.05, 0.1) is 18.2 Å². The molecule has 3 nitrogen and oxygen atoms in total. The van der Waals surface area contributed by atoms with E-state index in [9.17, 15) is 4.79 Å². The monoisotopic (exact) mass is 294 g/mol.